The molecule has 1 N–H and O–H groups in total. The van der Waals surface area contributed by atoms with Crippen LogP contribution in [-0.2, 0) is 4.79 Å². The van der Waals surface area contributed by atoms with Crippen LogP contribution >= 0.6 is 23.4 Å². The summed E-state index contributed by atoms with van der Waals surface area (Å²) in [5.74, 6) is 1.49. The van der Waals surface area contributed by atoms with E-state index in [4.69, 9.17) is 21.1 Å². The average molecular weight is 338 g/mol. The van der Waals surface area contributed by atoms with E-state index in [1.807, 2.05) is 24.3 Å². The SMILES string of the molecule is COc1cccc(SCC(=O)Nc2cc(Cl)ccc2OC)c1. The van der Waals surface area contributed by atoms with Crippen molar-refractivity contribution in [2.24, 2.45) is 0 Å². The van der Waals surface area contributed by atoms with Crippen molar-refractivity contribution < 1.29 is 14.3 Å². The second-order valence-electron chi connectivity index (χ2n) is 4.36. The molecule has 0 atom stereocenters. The zero-order valence-electron chi connectivity index (χ0n) is 12.3. The fourth-order valence-electron chi connectivity index (χ4n) is 1.80. The number of rotatable bonds is 6. The predicted molar refractivity (Wildman–Crippen MR) is 90.4 cm³/mol. The van der Waals surface area contributed by atoms with E-state index in [2.05, 4.69) is 5.32 Å². The van der Waals surface area contributed by atoms with Gasteiger partial charge in [0.1, 0.15) is 11.5 Å². The van der Waals surface area contributed by atoms with Gasteiger partial charge in [0.05, 0.1) is 25.7 Å². The molecule has 0 spiro atoms. The van der Waals surface area contributed by atoms with E-state index in [1.165, 1.54) is 11.8 Å². The Hall–Kier alpha value is -1.85. The monoisotopic (exact) mass is 337 g/mol. The van der Waals surface area contributed by atoms with Crippen LogP contribution in [0.3, 0.4) is 0 Å². The molecule has 0 bridgehead atoms. The fourth-order valence-corrected chi connectivity index (χ4v) is 2.72. The number of amides is 1. The van der Waals surface area contributed by atoms with Crippen molar-refractivity contribution in [3.05, 3.63) is 47.5 Å². The van der Waals surface area contributed by atoms with Gasteiger partial charge in [0.15, 0.2) is 0 Å². The van der Waals surface area contributed by atoms with E-state index in [0.717, 1.165) is 10.6 Å². The maximum absolute atomic E-state index is 12.1. The van der Waals surface area contributed by atoms with Crippen molar-refractivity contribution in [1.82, 2.24) is 0 Å². The van der Waals surface area contributed by atoms with Gasteiger partial charge >= 0.3 is 0 Å². The minimum absolute atomic E-state index is 0.131. The normalized spacial score (nSPS) is 10.1. The maximum atomic E-state index is 12.1. The molecule has 116 valence electrons. The molecular formula is C16H16ClNO3S. The van der Waals surface area contributed by atoms with Gasteiger partial charge in [-0.25, -0.2) is 0 Å². The van der Waals surface area contributed by atoms with Crippen molar-refractivity contribution in [2.45, 2.75) is 4.90 Å². The number of hydrogen-bond donors (Lipinski definition) is 1. The quantitative estimate of drug-likeness (QED) is 0.806. The van der Waals surface area contributed by atoms with Crippen molar-refractivity contribution in [3.63, 3.8) is 0 Å². The summed E-state index contributed by atoms with van der Waals surface area (Å²) in [6, 6.07) is 12.7. The summed E-state index contributed by atoms with van der Waals surface area (Å²) in [5.41, 5.74) is 0.561. The van der Waals surface area contributed by atoms with Crippen LogP contribution in [0, 0.1) is 0 Å². The standard InChI is InChI=1S/C16H16ClNO3S/c1-20-12-4-3-5-13(9-12)22-10-16(19)18-14-8-11(17)6-7-15(14)21-2/h3-9H,10H2,1-2H3,(H,18,19). The molecule has 0 fully saturated rings. The summed E-state index contributed by atoms with van der Waals surface area (Å²) in [6.45, 7) is 0. The van der Waals surface area contributed by atoms with E-state index in [0.29, 0.717) is 16.5 Å². The van der Waals surface area contributed by atoms with Crippen LogP contribution in [0.1, 0.15) is 0 Å². The van der Waals surface area contributed by atoms with Crippen LogP contribution in [0.25, 0.3) is 0 Å². The first kappa shape index (κ1) is 16.5. The van der Waals surface area contributed by atoms with Crippen molar-refractivity contribution in [2.75, 3.05) is 25.3 Å². The second kappa shape index (κ2) is 7.96. The molecular weight excluding hydrogens is 322 g/mol. The molecule has 0 heterocycles. The smallest absolute Gasteiger partial charge is 0.234 e. The number of ether oxygens (including phenoxy) is 2. The third-order valence-electron chi connectivity index (χ3n) is 2.85. The molecule has 1 amide bonds. The number of halogens is 1. The van der Waals surface area contributed by atoms with Gasteiger partial charge in [-0.1, -0.05) is 17.7 Å². The Kier molecular flexibility index (Phi) is 5.98. The molecule has 0 aromatic heterocycles. The first-order valence-electron chi connectivity index (χ1n) is 6.52. The van der Waals surface area contributed by atoms with E-state index >= 15 is 0 Å². The Balaban J connectivity index is 1.97. The average Bonchev–Trinajstić information content (AvgIpc) is 2.53. The summed E-state index contributed by atoms with van der Waals surface area (Å²) < 4.78 is 10.4. The second-order valence-corrected chi connectivity index (χ2v) is 5.85. The first-order valence-corrected chi connectivity index (χ1v) is 7.89. The zero-order chi connectivity index (χ0) is 15.9. The Morgan fingerprint density at radius 3 is 2.73 bits per heavy atom. The topological polar surface area (TPSA) is 47.6 Å². The van der Waals surface area contributed by atoms with Crippen molar-refractivity contribution in [3.8, 4) is 11.5 Å². The van der Waals surface area contributed by atoms with Crippen LogP contribution in [-0.4, -0.2) is 25.9 Å². The maximum Gasteiger partial charge on any atom is 0.234 e. The van der Waals surface area contributed by atoms with E-state index < -0.39 is 0 Å². The molecule has 22 heavy (non-hydrogen) atoms. The highest BCUT2D eigenvalue weighted by atomic mass is 35.5. The van der Waals surface area contributed by atoms with Gasteiger partial charge in [0, 0.05) is 9.92 Å². The minimum atomic E-state index is -0.131. The third-order valence-corrected chi connectivity index (χ3v) is 4.08. The number of nitrogens with one attached hydrogen (secondary N) is 1. The number of carbonyl (C=O) groups is 1. The largest absolute Gasteiger partial charge is 0.497 e. The Morgan fingerprint density at radius 1 is 1.18 bits per heavy atom. The lowest BCUT2D eigenvalue weighted by Gasteiger charge is -2.10. The molecule has 2 rings (SSSR count). The highest BCUT2D eigenvalue weighted by Crippen LogP contribution is 2.28. The van der Waals surface area contributed by atoms with Gasteiger partial charge in [-0.15, -0.1) is 11.8 Å². The highest BCUT2D eigenvalue weighted by Gasteiger charge is 2.09. The first-order chi connectivity index (χ1) is 10.6. The molecule has 6 heteroatoms. The molecule has 0 saturated carbocycles. The van der Waals surface area contributed by atoms with Crippen molar-refractivity contribution in [1.29, 1.82) is 0 Å². The number of carbonyl (C=O) groups excluding carboxylic acids is 1. The lowest BCUT2D eigenvalue weighted by atomic mass is 10.3. The Morgan fingerprint density at radius 2 is 2.00 bits per heavy atom. The highest BCUT2D eigenvalue weighted by molar-refractivity contribution is 8.00. The van der Waals surface area contributed by atoms with E-state index in [1.54, 1.807) is 32.4 Å². The van der Waals surface area contributed by atoms with Crippen LogP contribution in [0.15, 0.2) is 47.4 Å². The number of thioether (sulfide) groups is 1. The van der Waals surface area contributed by atoms with Gasteiger partial charge in [-0.05, 0) is 36.4 Å². The molecule has 2 aromatic carbocycles. The van der Waals surface area contributed by atoms with E-state index in [9.17, 15) is 4.79 Å². The van der Waals surface area contributed by atoms with Gasteiger partial charge in [0.2, 0.25) is 5.91 Å². The van der Waals surface area contributed by atoms with Gasteiger partial charge in [-0.3, -0.25) is 4.79 Å². The minimum Gasteiger partial charge on any atom is -0.497 e. The number of benzene rings is 2. The van der Waals surface area contributed by atoms with Gasteiger partial charge in [-0.2, -0.15) is 0 Å². The molecule has 4 nitrogen and oxygen atoms in total. The zero-order valence-corrected chi connectivity index (χ0v) is 13.8. The predicted octanol–water partition coefficient (Wildman–Crippen LogP) is 4.09. The summed E-state index contributed by atoms with van der Waals surface area (Å²) in [4.78, 5) is 13.0. The summed E-state index contributed by atoms with van der Waals surface area (Å²) >= 11 is 7.37. The Bertz CT molecular complexity index is 664. The van der Waals surface area contributed by atoms with Crippen LogP contribution < -0.4 is 14.8 Å². The number of hydrogen-bond acceptors (Lipinski definition) is 4. The molecule has 0 unspecified atom stereocenters. The number of anilines is 1. The lowest BCUT2D eigenvalue weighted by molar-refractivity contribution is -0.113. The van der Waals surface area contributed by atoms with E-state index in [-0.39, 0.29) is 11.7 Å². The fraction of sp³-hybridized carbons (Fsp3) is 0.188. The summed E-state index contributed by atoms with van der Waals surface area (Å²) in [5, 5.41) is 3.34. The summed E-state index contributed by atoms with van der Waals surface area (Å²) in [6.07, 6.45) is 0. The van der Waals surface area contributed by atoms with Crippen LogP contribution in [0.2, 0.25) is 5.02 Å². The molecule has 0 aliphatic heterocycles. The number of methoxy groups -OCH3 is 2. The third kappa shape index (κ3) is 4.58. The Labute approximate surface area is 138 Å². The van der Waals surface area contributed by atoms with Gasteiger partial charge < -0.3 is 14.8 Å². The molecule has 0 radical (unpaired) electrons. The lowest BCUT2D eigenvalue weighted by Crippen LogP contribution is -2.14. The van der Waals surface area contributed by atoms with Crippen LogP contribution in [0.5, 0.6) is 11.5 Å². The molecule has 0 aliphatic carbocycles. The molecule has 0 aliphatic rings. The van der Waals surface area contributed by atoms with Crippen molar-refractivity contribution >= 4 is 35.0 Å². The summed E-state index contributed by atoms with van der Waals surface area (Å²) in [7, 11) is 3.16. The van der Waals surface area contributed by atoms with Crippen LogP contribution in [0.4, 0.5) is 5.69 Å². The molecule has 2 aromatic rings. The molecule has 0 saturated heterocycles. The van der Waals surface area contributed by atoms with Gasteiger partial charge in [0.25, 0.3) is 0 Å².